The SMILES string of the molecule is Cc1cc(NC(=O)N2CCC(Oc3ccccc3)CC2)cc(C(=O)NCc2ccccc2)c1. The molecule has 170 valence electrons. The highest BCUT2D eigenvalue weighted by molar-refractivity contribution is 5.97. The highest BCUT2D eigenvalue weighted by Gasteiger charge is 2.24. The van der Waals surface area contributed by atoms with E-state index in [4.69, 9.17) is 4.74 Å². The molecule has 0 aliphatic carbocycles. The zero-order valence-electron chi connectivity index (χ0n) is 18.8. The number of nitrogens with zero attached hydrogens (tertiary/aromatic N) is 1. The smallest absolute Gasteiger partial charge is 0.321 e. The molecule has 33 heavy (non-hydrogen) atoms. The molecule has 2 N–H and O–H groups in total. The van der Waals surface area contributed by atoms with E-state index >= 15 is 0 Å². The molecule has 4 rings (SSSR count). The number of amides is 3. The number of benzene rings is 3. The number of piperidine rings is 1. The Morgan fingerprint density at radius 3 is 2.30 bits per heavy atom. The number of carbonyl (C=O) groups excluding carboxylic acids is 2. The average molecular weight is 444 g/mol. The van der Waals surface area contributed by atoms with E-state index in [2.05, 4.69) is 10.6 Å². The normalized spacial score (nSPS) is 13.9. The molecule has 0 atom stereocenters. The van der Waals surface area contributed by atoms with E-state index in [0.717, 1.165) is 29.7 Å². The molecule has 0 bridgehead atoms. The van der Waals surface area contributed by atoms with Crippen LogP contribution in [0.4, 0.5) is 10.5 Å². The third-order valence-corrected chi connectivity index (χ3v) is 5.66. The summed E-state index contributed by atoms with van der Waals surface area (Å²) in [4.78, 5) is 27.3. The minimum Gasteiger partial charge on any atom is -0.490 e. The average Bonchev–Trinajstić information content (AvgIpc) is 2.84. The van der Waals surface area contributed by atoms with Crippen LogP contribution in [0, 0.1) is 6.92 Å². The number of likely N-dealkylation sites (tertiary alicyclic amines) is 1. The number of hydrogen-bond acceptors (Lipinski definition) is 3. The Labute approximate surface area is 194 Å². The second-order valence-electron chi connectivity index (χ2n) is 8.30. The zero-order valence-corrected chi connectivity index (χ0v) is 18.8. The zero-order chi connectivity index (χ0) is 23.0. The van der Waals surface area contributed by atoms with Crippen LogP contribution in [0.5, 0.6) is 5.75 Å². The lowest BCUT2D eigenvalue weighted by Crippen LogP contribution is -2.43. The molecular formula is C27H29N3O3. The largest absolute Gasteiger partial charge is 0.490 e. The van der Waals surface area contributed by atoms with Gasteiger partial charge in [0.05, 0.1) is 0 Å². The topological polar surface area (TPSA) is 70.7 Å². The van der Waals surface area contributed by atoms with Gasteiger partial charge in [-0.15, -0.1) is 0 Å². The van der Waals surface area contributed by atoms with Gasteiger partial charge < -0.3 is 20.3 Å². The maximum Gasteiger partial charge on any atom is 0.321 e. The van der Waals surface area contributed by atoms with Crippen LogP contribution in [0.2, 0.25) is 0 Å². The molecule has 6 heteroatoms. The first-order chi connectivity index (χ1) is 16.1. The lowest BCUT2D eigenvalue weighted by Gasteiger charge is -2.32. The van der Waals surface area contributed by atoms with Crippen LogP contribution in [-0.4, -0.2) is 36.0 Å². The molecule has 0 spiro atoms. The van der Waals surface area contributed by atoms with Crippen molar-refractivity contribution in [3.8, 4) is 5.75 Å². The number of anilines is 1. The summed E-state index contributed by atoms with van der Waals surface area (Å²) in [5.41, 5.74) is 3.09. The van der Waals surface area contributed by atoms with Gasteiger partial charge in [-0.05, 0) is 48.4 Å². The van der Waals surface area contributed by atoms with Crippen molar-refractivity contribution in [2.45, 2.75) is 32.4 Å². The quantitative estimate of drug-likeness (QED) is 0.563. The number of para-hydroxylation sites is 1. The minimum atomic E-state index is -0.170. The second kappa shape index (κ2) is 10.7. The fourth-order valence-electron chi connectivity index (χ4n) is 3.94. The number of rotatable bonds is 6. The van der Waals surface area contributed by atoms with E-state index in [9.17, 15) is 9.59 Å². The number of nitrogens with one attached hydrogen (secondary N) is 2. The van der Waals surface area contributed by atoms with Crippen molar-refractivity contribution >= 4 is 17.6 Å². The number of ether oxygens (including phenoxy) is 1. The van der Waals surface area contributed by atoms with E-state index in [1.807, 2.05) is 79.7 Å². The molecule has 1 aliphatic heterocycles. The number of hydrogen-bond donors (Lipinski definition) is 2. The van der Waals surface area contributed by atoms with Crippen LogP contribution >= 0.6 is 0 Å². The van der Waals surface area contributed by atoms with Crippen LogP contribution in [0.15, 0.2) is 78.9 Å². The summed E-state index contributed by atoms with van der Waals surface area (Å²) in [7, 11) is 0. The first-order valence-corrected chi connectivity index (χ1v) is 11.3. The van der Waals surface area contributed by atoms with E-state index in [1.165, 1.54) is 0 Å². The molecule has 1 fully saturated rings. The van der Waals surface area contributed by atoms with Gasteiger partial charge in [0.25, 0.3) is 5.91 Å². The summed E-state index contributed by atoms with van der Waals surface area (Å²) in [5, 5.41) is 5.89. The number of urea groups is 1. The Kier molecular flexibility index (Phi) is 7.25. The molecule has 0 radical (unpaired) electrons. The van der Waals surface area contributed by atoms with Crippen molar-refractivity contribution in [1.29, 1.82) is 0 Å². The highest BCUT2D eigenvalue weighted by Crippen LogP contribution is 2.20. The Morgan fingerprint density at radius 1 is 0.939 bits per heavy atom. The van der Waals surface area contributed by atoms with Gasteiger partial charge in [0.15, 0.2) is 0 Å². The van der Waals surface area contributed by atoms with Gasteiger partial charge in [0.1, 0.15) is 11.9 Å². The van der Waals surface area contributed by atoms with Gasteiger partial charge >= 0.3 is 6.03 Å². The summed E-state index contributed by atoms with van der Waals surface area (Å²) in [6.45, 7) is 3.62. The van der Waals surface area contributed by atoms with E-state index < -0.39 is 0 Å². The van der Waals surface area contributed by atoms with Crippen molar-refractivity contribution in [2.75, 3.05) is 18.4 Å². The van der Waals surface area contributed by atoms with Crippen molar-refractivity contribution in [3.63, 3.8) is 0 Å². The van der Waals surface area contributed by atoms with Crippen molar-refractivity contribution in [2.24, 2.45) is 0 Å². The molecule has 0 aromatic heterocycles. The van der Waals surface area contributed by atoms with Crippen LogP contribution < -0.4 is 15.4 Å². The molecule has 3 amide bonds. The Balaban J connectivity index is 1.31. The first kappa shape index (κ1) is 22.4. The lowest BCUT2D eigenvalue weighted by molar-refractivity contribution is 0.0950. The number of aryl methyl sites for hydroxylation is 1. The Hall–Kier alpha value is -3.80. The second-order valence-corrected chi connectivity index (χ2v) is 8.30. The summed E-state index contributed by atoms with van der Waals surface area (Å²) in [5.74, 6) is 0.690. The molecule has 3 aromatic carbocycles. The molecule has 3 aromatic rings. The van der Waals surface area contributed by atoms with Crippen molar-refractivity contribution in [3.05, 3.63) is 95.6 Å². The fourth-order valence-corrected chi connectivity index (χ4v) is 3.94. The van der Waals surface area contributed by atoms with Gasteiger partial charge in [-0.25, -0.2) is 4.79 Å². The minimum absolute atomic E-state index is 0.107. The summed E-state index contributed by atoms with van der Waals surface area (Å²) in [6, 6.07) is 24.8. The van der Waals surface area contributed by atoms with Crippen LogP contribution in [0.3, 0.4) is 0 Å². The Morgan fingerprint density at radius 2 is 1.61 bits per heavy atom. The summed E-state index contributed by atoms with van der Waals surface area (Å²) >= 11 is 0. The molecule has 1 saturated heterocycles. The molecule has 6 nitrogen and oxygen atoms in total. The standard InChI is InChI=1S/C27H29N3O3/c1-20-16-22(26(31)28-19-21-8-4-2-5-9-21)18-23(17-20)29-27(32)30-14-12-25(13-15-30)33-24-10-6-3-7-11-24/h2-11,16-18,25H,12-15,19H2,1H3,(H,28,31)(H,29,32). The Bertz CT molecular complexity index is 1080. The number of carbonyl (C=O) groups is 2. The maximum atomic E-state index is 12.8. The molecule has 1 heterocycles. The van der Waals surface area contributed by atoms with Crippen molar-refractivity contribution < 1.29 is 14.3 Å². The highest BCUT2D eigenvalue weighted by atomic mass is 16.5. The third-order valence-electron chi connectivity index (χ3n) is 5.66. The third kappa shape index (κ3) is 6.35. The predicted octanol–water partition coefficient (Wildman–Crippen LogP) is 5.00. The van der Waals surface area contributed by atoms with Gasteiger partial charge in [0.2, 0.25) is 0 Å². The summed E-state index contributed by atoms with van der Waals surface area (Å²) in [6.07, 6.45) is 1.67. The van der Waals surface area contributed by atoms with Gasteiger partial charge in [0, 0.05) is 43.7 Å². The van der Waals surface area contributed by atoms with E-state index in [-0.39, 0.29) is 18.0 Å². The van der Waals surface area contributed by atoms with E-state index in [1.54, 1.807) is 11.0 Å². The van der Waals surface area contributed by atoms with Crippen LogP contribution in [-0.2, 0) is 6.54 Å². The van der Waals surface area contributed by atoms with Gasteiger partial charge in [-0.1, -0.05) is 48.5 Å². The van der Waals surface area contributed by atoms with Crippen molar-refractivity contribution in [1.82, 2.24) is 10.2 Å². The van der Waals surface area contributed by atoms with Crippen LogP contribution in [0.1, 0.15) is 34.3 Å². The first-order valence-electron chi connectivity index (χ1n) is 11.3. The summed E-state index contributed by atoms with van der Waals surface area (Å²) < 4.78 is 6.01. The maximum absolute atomic E-state index is 12.8. The molecule has 1 aliphatic rings. The monoisotopic (exact) mass is 443 g/mol. The van der Waals surface area contributed by atoms with Gasteiger partial charge in [-0.2, -0.15) is 0 Å². The van der Waals surface area contributed by atoms with Gasteiger partial charge in [-0.3, -0.25) is 4.79 Å². The molecular weight excluding hydrogens is 414 g/mol. The lowest BCUT2D eigenvalue weighted by atomic mass is 10.1. The fraction of sp³-hybridized carbons (Fsp3) is 0.259. The van der Waals surface area contributed by atoms with Crippen LogP contribution in [0.25, 0.3) is 0 Å². The van der Waals surface area contributed by atoms with E-state index in [0.29, 0.717) is 30.9 Å². The molecule has 0 unspecified atom stereocenters. The molecule has 0 saturated carbocycles. The predicted molar refractivity (Wildman–Crippen MR) is 129 cm³/mol.